The van der Waals surface area contributed by atoms with Crippen LogP contribution in [-0.2, 0) is 9.31 Å². The molecule has 0 aromatic heterocycles. The molecule has 1 aliphatic rings. The number of carbonyl (C=O) groups is 1. The predicted octanol–water partition coefficient (Wildman–Crippen LogP) is 1.48. The number of rotatable bonds is 2. The fourth-order valence-corrected chi connectivity index (χ4v) is 2.01. The van der Waals surface area contributed by atoms with Crippen LogP contribution in [0.25, 0.3) is 0 Å². The second-order valence-corrected chi connectivity index (χ2v) is 5.88. The van der Waals surface area contributed by atoms with Gasteiger partial charge in [-0.2, -0.15) is 0 Å². The average molecular weight is 279 g/mol. The Morgan fingerprint density at radius 3 is 2.25 bits per heavy atom. The Morgan fingerprint density at radius 1 is 1.20 bits per heavy atom. The molecule has 2 rings (SSSR count). The number of amides is 1. The van der Waals surface area contributed by atoms with E-state index in [0.717, 1.165) is 0 Å². The van der Waals surface area contributed by atoms with Crippen LogP contribution in [0.1, 0.15) is 38.1 Å². The second-order valence-electron chi connectivity index (χ2n) is 5.88. The van der Waals surface area contributed by atoms with Crippen LogP contribution >= 0.6 is 0 Å². The third-order valence-corrected chi connectivity index (χ3v) is 4.01. The van der Waals surface area contributed by atoms with Gasteiger partial charge in [0, 0.05) is 12.5 Å². The molecule has 108 valence electrons. The van der Waals surface area contributed by atoms with E-state index in [9.17, 15) is 9.18 Å². The van der Waals surface area contributed by atoms with E-state index in [2.05, 4.69) is 5.32 Å². The van der Waals surface area contributed by atoms with Crippen LogP contribution in [0.2, 0.25) is 0 Å². The molecule has 0 bridgehead atoms. The minimum atomic E-state index is -0.815. The molecule has 1 fully saturated rings. The Labute approximate surface area is 118 Å². The average Bonchev–Trinajstić information content (AvgIpc) is 2.57. The summed E-state index contributed by atoms with van der Waals surface area (Å²) < 4.78 is 26.1. The van der Waals surface area contributed by atoms with Crippen molar-refractivity contribution in [1.29, 1.82) is 0 Å². The van der Waals surface area contributed by atoms with E-state index >= 15 is 0 Å². The molecular weight excluding hydrogens is 260 g/mol. The summed E-state index contributed by atoms with van der Waals surface area (Å²) in [5, 5.41) is 2.41. The van der Waals surface area contributed by atoms with Crippen molar-refractivity contribution in [3.05, 3.63) is 29.6 Å². The maximum absolute atomic E-state index is 14.4. The number of benzene rings is 1. The highest BCUT2D eigenvalue weighted by molar-refractivity contribution is 6.62. The summed E-state index contributed by atoms with van der Waals surface area (Å²) >= 11 is 0. The number of hydrogen-bond donors (Lipinski definition) is 1. The van der Waals surface area contributed by atoms with Gasteiger partial charge in [0.15, 0.2) is 0 Å². The fourth-order valence-electron chi connectivity index (χ4n) is 2.01. The molecule has 6 heteroatoms. The Kier molecular flexibility index (Phi) is 3.65. The summed E-state index contributed by atoms with van der Waals surface area (Å²) in [5.74, 6) is -1.08. The SMILES string of the molecule is CNC(=O)c1cccc(B2OC(C)(C)C(C)(C)O2)c1F. The summed E-state index contributed by atoms with van der Waals surface area (Å²) in [4.78, 5) is 11.6. The predicted molar refractivity (Wildman–Crippen MR) is 75.5 cm³/mol. The molecule has 20 heavy (non-hydrogen) atoms. The molecule has 1 aliphatic heterocycles. The molecular formula is C14H19BFNO3. The lowest BCUT2D eigenvalue weighted by Gasteiger charge is -2.32. The molecule has 1 saturated heterocycles. The first kappa shape index (κ1) is 15.0. The minimum Gasteiger partial charge on any atom is -0.399 e. The first-order valence-electron chi connectivity index (χ1n) is 6.56. The maximum Gasteiger partial charge on any atom is 0.497 e. The first-order chi connectivity index (χ1) is 9.19. The largest absolute Gasteiger partial charge is 0.497 e. The number of halogens is 1. The normalized spacial score (nSPS) is 20.0. The summed E-state index contributed by atoms with van der Waals surface area (Å²) in [6.45, 7) is 7.59. The van der Waals surface area contributed by atoms with Crippen molar-refractivity contribution in [2.45, 2.75) is 38.9 Å². The zero-order valence-electron chi connectivity index (χ0n) is 12.4. The third kappa shape index (κ3) is 2.34. The van der Waals surface area contributed by atoms with Crippen molar-refractivity contribution in [2.24, 2.45) is 0 Å². The van der Waals surface area contributed by atoms with E-state index in [1.807, 2.05) is 27.7 Å². The van der Waals surface area contributed by atoms with E-state index in [1.54, 1.807) is 12.1 Å². The molecule has 4 nitrogen and oxygen atoms in total. The standard InChI is InChI=1S/C14H19BFNO3/c1-13(2)14(3,4)20-15(19-13)10-8-6-7-9(11(10)16)12(18)17-5/h6-8H,1-5H3,(H,17,18). The van der Waals surface area contributed by atoms with Gasteiger partial charge in [0.05, 0.1) is 16.8 Å². The van der Waals surface area contributed by atoms with Gasteiger partial charge in [-0.05, 0) is 33.8 Å². The smallest absolute Gasteiger partial charge is 0.399 e. The molecule has 0 saturated carbocycles. The van der Waals surface area contributed by atoms with E-state index in [0.29, 0.717) is 0 Å². The molecule has 1 aromatic carbocycles. The van der Waals surface area contributed by atoms with Crippen LogP contribution in [0.3, 0.4) is 0 Å². The van der Waals surface area contributed by atoms with Crippen molar-refractivity contribution in [3.63, 3.8) is 0 Å². The van der Waals surface area contributed by atoms with Crippen molar-refractivity contribution in [3.8, 4) is 0 Å². The number of nitrogens with one attached hydrogen (secondary N) is 1. The maximum atomic E-state index is 14.4. The summed E-state index contributed by atoms with van der Waals surface area (Å²) in [5.41, 5.74) is -0.871. The Balaban J connectivity index is 2.39. The summed E-state index contributed by atoms with van der Waals surface area (Å²) in [6, 6.07) is 4.63. The molecule has 1 aromatic rings. The topological polar surface area (TPSA) is 47.6 Å². The van der Waals surface area contributed by atoms with Gasteiger partial charge in [-0.25, -0.2) is 4.39 Å². The van der Waals surface area contributed by atoms with Gasteiger partial charge in [0.1, 0.15) is 5.82 Å². The van der Waals surface area contributed by atoms with E-state index in [4.69, 9.17) is 9.31 Å². The fraction of sp³-hybridized carbons (Fsp3) is 0.500. The van der Waals surface area contributed by atoms with Crippen LogP contribution in [-0.4, -0.2) is 31.3 Å². The van der Waals surface area contributed by atoms with Crippen LogP contribution in [0, 0.1) is 5.82 Å². The van der Waals surface area contributed by atoms with Gasteiger partial charge < -0.3 is 14.6 Å². The summed E-state index contributed by atoms with van der Waals surface area (Å²) in [7, 11) is 0.646. The van der Waals surface area contributed by atoms with Gasteiger partial charge >= 0.3 is 7.12 Å². The molecule has 0 atom stereocenters. The van der Waals surface area contributed by atoms with Crippen molar-refractivity contribution >= 4 is 18.5 Å². The molecule has 0 radical (unpaired) electrons. The van der Waals surface area contributed by atoms with Crippen LogP contribution in [0.4, 0.5) is 4.39 Å². The minimum absolute atomic E-state index is 0.0142. The zero-order valence-corrected chi connectivity index (χ0v) is 12.4. The highest BCUT2D eigenvalue weighted by atomic mass is 19.1. The van der Waals surface area contributed by atoms with Crippen LogP contribution in [0.5, 0.6) is 0 Å². The van der Waals surface area contributed by atoms with Crippen LogP contribution in [0.15, 0.2) is 18.2 Å². The lowest BCUT2D eigenvalue weighted by atomic mass is 9.77. The molecule has 0 spiro atoms. The highest BCUT2D eigenvalue weighted by Crippen LogP contribution is 2.36. The van der Waals surface area contributed by atoms with Crippen LogP contribution < -0.4 is 10.8 Å². The lowest BCUT2D eigenvalue weighted by molar-refractivity contribution is 0.00578. The third-order valence-electron chi connectivity index (χ3n) is 4.01. The lowest BCUT2D eigenvalue weighted by Crippen LogP contribution is -2.41. The molecule has 1 N–H and O–H groups in total. The van der Waals surface area contributed by atoms with Gasteiger partial charge in [0.25, 0.3) is 5.91 Å². The number of hydrogen-bond acceptors (Lipinski definition) is 3. The van der Waals surface area contributed by atoms with E-state index in [-0.39, 0.29) is 11.0 Å². The quantitative estimate of drug-likeness (QED) is 0.834. The Bertz CT molecular complexity index is 529. The molecule has 1 heterocycles. The number of carbonyl (C=O) groups excluding carboxylic acids is 1. The van der Waals surface area contributed by atoms with E-state index < -0.39 is 30.0 Å². The zero-order chi connectivity index (χ0) is 15.1. The van der Waals surface area contributed by atoms with Crippen molar-refractivity contribution < 1.29 is 18.5 Å². The monoisotopic (exact) mass is 279 g/mol. The van der Waals surface area contributed by atoms with Gasteiger partial charge in [-0.1, -0.05) is 12.1 Å². The molecule has 1 amide bonds. The summed E-state index contributed by atoms with van der Waals surface area (Å²) in [6.07, 6.45) is 0. The van der Waals surface area contributed by atoms with Crippen molar-refractivity contribution in [2.75, 3.05) is 7.05 Å². The molecule has 0 aliphatic carbocycles. The van der Waals surface area contributed by atoms with E-state index in [1.165, 1.54) is 13.1 Å². The Morgan fingerprint density at radius 2 is 1.75 bits per heavy atom. The van der Waals surface area contributed by atoms with Gasteiger partial charge in [-0.15, -0.1) is 0 Å². The first-order valence-corrected chi connectivity index (χ1v) is 6.56. The second kappa shape index (κ2) is 4.86. The Hall–Kier alpha value is -1.40. The van der Waals surface area contributed by atoms with Gasteiger partial charge in [0.2, 0.25) is 0 Å². The molecule has 0 unspecified atom stereocenters. The van der Waals surface area contributed by atoms with Gasteiger partial charge in [-0.3, -0.25) is 4.79 Å². The highest BCUT2D eigenvalue weighted by Gasteiger charge is 2.52. The van der Waals surface area contributed by atoms with Crippen molar-refractivity contribution in [1.82, 2.24) is 5.32 Å².